The van der Waals surface area contributed by atoms with Crippen LogP contribution in [0.1, 0.15) is 101 Å². The van der Waals surface area contributed by atoms with Gasteiger partial charge in [-0.05, 0) is 93.9 Å². The second-order valence-corrected chi connectivity index (χ2v) is 14.2. The molecule has 0 aromatic heterocycles. The van der Waals surface area contributed by atoms with Crippen molar-refractivity contribution >= 4 is 5.91 Å². The van der Waals surface area contributed by atoms with Gasteiger partial charge in [-0.25, -0.2) is 0 Å². The van der Waals surface area contributed by atoms with Crippen molar-refractivity contribution in [3.8, 4) is 11.5 Å². The van der Waals surface area contributed by atoms with Crippen molar-refractivity contribution in [2.75, 3.05) is 19.6 Å². The Hall–Kier alpha value is -2.57. The van der Waals surface area contributed by atoms with E-state index in [9.17, 15) is 15.0 Å². The van der Waals surface area contributed by atoms with Crippen LogP contribution in [0.15, 0.2) is 42.5 Å². The molecule has 2 aromatic rings. The molecular weight excluding hydrogens is 536 g/mol. The number of likely N-dealkylation sites (tertiary alicyclic amines) is 1. The first kappa shape index (κ1) is 29.2. The van der Waals surface area contributed by atoms with E-state index in [1.807, 2.05) is 0 Å². The summed E-state index contributed by atoms with van der Waals surface area (Å²) in [5, 5.41) is 23.9. The summed E-state index contributed by atoms with van der Waals surface area (Å²) in [5.74, 6) is 1.74. The second kappa shape index (κ2) is 11.7. The van der Waals surface area contributed by atoms with Crippen molar-refractivity contribution < 1.29 is 19.7 Å². The van der Waals surface area contributed by atoms with Crippen molar-refractivity contribution in [2.24, 2.45) is 5.92 Å². The summed E-state index contributed by atoms with van der Waals surface area (Å²) >= 11 is 0. The minimum absolute atomic E-state index is 0.0609. The molecule has 6 heteroatoms. The van der Waals surface area contributed by atoms with Crippen molar-refractivity contribution in [1.29, 1.82) is 0 Å². The highest BCUT2D eigenvalue weighted by Crippen LogP contribution is 2.66. The number of aliphatic hydroxyl groups is 1. The molecule has 7 rings (SSSR count). The van der Waals surface area contributed by atoms with Crippen LogP contribution in [0.4, 0.5) is 0 Å². The largest absolute Gasteiger partial charge is 0.504 e. The Bertz CT molecular complexity index is 1310. The predicted octanol–water partition coefficient (Wildman–Crippen LogP) is 6.15. The van der Waals surface area contributed by atoms with Crippen LogP contribution in [0.2, 0.25) is 0 Å². The summed E-state index contributed by atoms with van der Waals surface area (Å²) in [6.45, 7) is 4.96. The SMILES string of the molecule is CCCCCN(C(=O)CCCCCc1ccccc1)[C@@H]1CC[C@@]2(O)[C@@H]3Cc4ccc(O)c5c4[C@@]2(CCN3CC2CC2)[C@H]1O5. The summed E-state index contributed by atoms with van der Waals surface area (Å²) < 4.78 is 6.82. The first-order valence-electron chi connectivity index (χ1n) is 17.3. The van der Waals surface area contributed by atoms with Gasteiger partial charge in [-0.3, -0.25) is 9.69 Å². The number of phenols is 1. The lowest BCUT2D eigenvalue weighted by Gasteiger charge is -2.65. The van der Waals surface area contributed by atoms with Gasteiger partial charge in [-0.1, -0.05) is 62.6 Å². The molecule has 6 nitrogen and oxygen atoms in total. The lowest BCUT2D eigenvalue weighted by atomic mass is 9.48. The molecule has 3 aliphatic carbocycles. The number of benzene rings is 2. The van der Waals surface area contributed by atoms with E-state index in [2.05, 4.69) is 53.1 Å². The number of piperidine rings is 1. The van der Waals surface area contributed by atoms with E-state index in [-0.39, 0.29) is 29.8 Å². The third-order valence-corrected chi connectivity index (χ3v) is 11.7. The maximum absolute atomic E-state index is 14.0. The maximum atomic E-state index is 14.0. The number of carbonyl (C=O) groups excluding carboxylic acids is 1. The zero-order valence-corrected chi connectivity index (χ0v) is 26.0. The predicted molar refractivity (Wildman–Crippen MR) is 168 cm³/mol. The quantitative estimate of drug-likeness (QED) is 0.276. The van der Waals surface area contributed by atoms with Gasteiger partial charge in [0.25, 0.3) is 0 Å². The molecule has 0 radical (unpaired) electrons. The van der Waals surface area contributed by atoms with Crippen LogP contribution in [-0.2, 0) is 23.1 Å². The molecule has 2 aliphatic heterocycles. The van der Waals surface area contributed by atoms with Gasteiger partial charge in [0, 0.05) is 31.1 Å². The molecule has 43 heavy (non-hydrogen) atoms. The summed E-state index contributed by atoms with van der Waals surface area (Å²) in [6.07, 6.45) is 13.1. The smallest absolute Gasteiger partial charge is 0.222 e. The first-order chi connectivity index (χ1) is 21.0. The van der Waals surface area contributed by atoms with E-state index >= 15 is 0 Å². The minimum atomic E-state index is -0.914. The lowest BCUT2D eigenvalue weighted by Crippen LogP contribution is -2.78. The highest BCUT2D eigenvalue weighted by molar-refractivity contribution is 5.77. The number of hydrogen-bond donors (Lipinski definition) is 2. The molecule has 1 amide bonds. The molecule has 1 spiro atoms. The van der Waals surface area contributed by atoms with E-state index in [4.69, 9.17) is 4.74 Å². The van der Waals surface area contributed by atoms with Crippen LogP contribution in [0.25, 0.3) is 0 Å². The van der Waals surface area contributed by atoms with Crippen molar-refractivity contribution in [1.82, 2.24) is 9.80 Å². The Kier molecular flexibility index (Phi) is 7.96. The van der Waals surface area contributed by atoms with Crippen LogP contribution in [-0.4, -0.2) is 69.3 Å². The number of hydrogen-bond acceptors (Lipinski definition) is 5. The molecule has 2 saturated carbocycles. The Morgan fingerprint density at radius 2 is 1.86 bits per heavy atom. The van der Waals surface area contributed by atoms with Crippen molar-refractivity contribution in [3.05, 3.63) is 59.2 Å². The van der Waals surface area contributed by atoms with E-state index in [0.717, 1.165) is 95.3 Å². The first-order valence-corrected chi connectivity index (χ1v) is 17.3. The van der Waals surface area contributed by atoms with Crippen LogP contribution < -0.4 is 4.74 Å². The van der Waals surface area contributed by atoms with Gasteiger partial charge < -0.3 is 19.8 Å². The summed E-state index contributed by atoms with van der Waals surface area (Å²) in [7, 11) is 0. The third-order valence-electron chi connectivity index (χ3n) is 11.7. The highest BCUT2D eigenvalue weighted by Gasteiger charge is 2.73. The van der Waals surface area contributed by atoms with Gasteiger partial charge in [0.1, 0.15) is 6.10 Å². The monoisotopic (exact) mass is 586 g/mol. The molecule has 232 valence electrons. The van der Waals surface area contributed by atoms with Crippen LogP contribution >= 0.6 is 0 Å². The number of aromatic hydroxyl groups is 1. The van der Waals surface area contributed by atoms with Gasteiger partial charge >= 0.3 is 0 Å². The molecule has 0 unspecified atom stereocenters. The Morgan fingerprint density at radius 1 is 1.02 bits per heavy atom. The van der Waals surface area contributed by atoms with Crippen molar-refractivity contribution in [3.63, 3.8) is 0 Å². The van der Waals surface area contributed by atoms with Gasteiger partial charge in [0.15, 0.2) is 11.5 Å². The number of carbonyl (C=O) groups is 1. The number of ether oxygens (including phenoxy) is 1. The standard InChI is InChI=1S/C37H50N2O4/c1-2-3-10-22-39(32(41)14-9-5-8-13-26-11-6-4-7-12-26)29-19-20-37(42)31-24-28-17-18-30(40)34-33(28)36(37,35(29)43-34)21-23-38(31)25-27-15-16-27/h4,6-7,11-12,17-18,27,29,31,35,40,42H,2-3,5,8-10,13-16,19-25H2,1H3/t29-,31+,35+,36+,37-/m1/s1. The normalized spacial score (nSPS) is 30.5. The van der Waals surface area contributed by atoms with Gasteiger partial charge in [0.2, 0.25) is 5.91 Å². The Labute approximate surface area is 257 Å². The Balaban J connectivity index is 1.14. The summed E-state index contributed by atoms with van der Waals surface area (Å²) in [6, 6.07) is 14.4. The number of phenolic OH excluding ortho intramolecular Hbond substituents is 1. The molecule has 2 heterocycles. The van der Waals surface area contributed by atoms with E-state index in [0.29, 0.717) is 18.6 Å². The van der Waals surface area contributed by atoms with E-state index < -0.39 is 11.0 Å². The number of amides is 1. The van der Waals surface area contributed by atoms with E-state index in [1.54, 1.807) is 6.07 Å². The fourth-order valence-corrected chi connectivity index (χ4v) is 9.35. The average Bonchev–Trinajstić information content (AvgIpc) is 3.76. The van der Waals surface area contributed by atoms with Crippen LogP contribution in [0.3, 0.4) is 0 Å². The number of nitrogens with zero attached hydrogens (tertiary/aromatic N) is 2. The van der Waals surface area contributed by atoms with E-state index in [1.165, 1.54) is 24.0 Å². The zero-order valence-electron chi connectivity index (χ0n) is 26.0. The zero-order chi connectivity index (χ0) is 29.6. The number of rotatable bonds is 13. The lowest BCUT2D eigenvalue weighted by molar-refractivity contribution is -0.202. The summed E-state index contributed by atoms with van der Waals surface area (Å²) in [4.78, 5) is 18.8. The number of aryl methyl sites for hydroxylation is 1. The maximum Gasteiger partial charge on any atom is 0.222 e. The van der Waals surface area contributed by atoms with Crippen LogP contribution in [0.5, 0.6) is 11.5 Å². The van der Waals surface area contributed by atoms with Crippen LogP contribution in [0, 0.1) is 5.92 Å². The van der Waals surface area contributed by atoms with Crippen molar-refractivity contribution in [2.45, 2.75) is 126 Å². The third kappa shape index (κ3) is 4.97. The van der Waals surface area contributed by atoms with Gasteiger partial charge in [-0.15, -0.1) is 0 Å². The molecule has 5 aliphatic rings. The molecule has 2 aromatic carbocycles. The molecule has 2 bridgehead atoms. The fraction of sp³-hybridized carbons (Fsp3) is 0.649. The molecular formula is C37H50N2O4. The second-order valence-electron chi connectivity index (χ2n) is 14.2. The topological polar surface area (TPSA) is 73.2 Å². The average molecular weight is 587 g/mol. The summed E-state index contributed by atoms with van der Waals surface area (Å²) in [5.41, 5.74) is 2.13. The van der Waals surface area contributed by atoms with Gasteiger partial charge in [-0.2, -0.15) is 0 Å². The molecule has 3 fully saturated rings. The van der Waals surface area contributed by atoms with Gasteiger partial charge in [0.05, 0.1) is 17.1 Å². The molecule has 2 N–H and O–H groups in total. The minimum Gasteiger partial charge on any atom is -0.504 e. The molecule has 5 atom stereocenters. The number of unbranched alkanes of at least 4 members (excludes halogenated alkanes) is 4. The molecule has 1 saturated heterocycles. The highest BCUT2D eigenvalue weighted by atomic mass is 16.5. The fourth-order valence-electron chi connectivity index (χ4n) is 9.35. The Morgan fingerprint density at radius 3 is 2.65 bits per heavy atom.